The lowest BCUT2D eigenvalue weighted by Crippen LogP contribution is -2.43. The Morgan fingerprint density at radius 2 is 1.72 bits per heavy atom. The molecule has 2 aromatic carbocycles. The summed E-state index contributed by atoms with van der Waals surface area (Å²) in [5.41, 5.74) is 1.44. The first-order valence-corrected chi connectivity index (χ1v) is 12.3. The second kappa shape index (κ2) is 13.6. The number of likely N-dealkylation sites (tertiary alicyclic amines) is 1. The van der Waals surface area contributed by atoms with Crippen LogP contribution in [0.5, 0.6) is 5.75 Å². The van der Waals surface area contributed by atoms with E-state index in [0.717, 1.165) is 23.8 Å². The van der Waals surface area contributed by atoms with Crippen molar-refractivity contribution in [2.24, 2.45) is 5.92 Å². The van der Waals surface area contributed by atoms with Crippen LogP contribution in [0, 0.1) is 23.4 Å². The monoisotopic (exact) mass is 499 g/mol. The number of halogens is 3. The number of pyridine rings is 1. The molecule has 1 saturated heterocycles. The normalized spacial score (nSPS) is 14.9. The van der Waals surface area contributed by atoms with Gasteiger partial charge < -0.3 is 10.1 Å². The van der Waals surface area contributed by atoms with Gasteiger partial charge in [-0.1, -0.05) is 32.0 Å². The number of amides is 1. The van der Waals surface area contributed by atoms with Gasteiger partial charge in [-0.15, -0.1) is 0 Å². The molecule has 1 unspecified atom stereocenters. The Labute approximate surface area is 210 Å². The summed E-state index contributed by atoms with van der Waals surface area (Å²) in [6.07, 6.45) is 2.99. The van der Waals surface area contributed by atoms with Crippen molar-refractivity contribution in [3.63, 3.8) is 0 Å². The average molecular weight is 500 g/mol. The summed E-state index contributed by atoms with van der Waals surface area (Å²) in [6.45, 7) is 6.16. The molecule has 1 N–H and O–H groups in total. The van der Waals surface area contributed by atoms with Crippen molar-refractivity contribution in [3.05, 3.63) is 95.6 Å². The van der Waals surface area contributed by atoms with Crippen LogP contribution >= 0.6 is 0 Å². The van der Waals surface area contributed by atoms with Gasteiger partial charge in [0.05, 0.1) is 11.7 Å². The highest BCUT2D eigenvalue weighted by atomic mass is 19.1. The highest BCUT2D eigenvalue weighted by molar-refractivity contribution is 5.79. The van der Waals surface area contributed by atoms with Crippen LogP contribution in [0.4, 0.5) is 13.2 Å². The van der Waals surface area contributed by atoms with E-state index in [1.165, 1.54) is 12.1 Å². The fourth-order valence-corrected chi connectivity index (χ4v) is 4.08. The number of carbonyl (C=O) groups is 1. The lowest BCUT2D eigenvalue weighted by Gasteiger charge is -2.32. The van der Waals surface area contributed by atoms with E-state index in [0.29, 0.717) is 38.2 Å². The molecule has 5 nitrogen and oxygen atoms in total. The first-order valence-electron chi connectivity index (χ1n) is 12.3. The van der Waals surface area contributed by atoms with Crippen molar-refractivity contribution in [2.75, 3.05) is 26.2 Å². The number of piperidine rings is 1. The van der Waals surface area contributed by atoms with E-state index in [1.807, 2.05) is 26.0 Å². The SMILES string of the molecule is CC.O=C(NC(c1ccc(F)cc1)c1ccccn1)C1CCN(CCOc2cc(F)ccc2F)CC1. The Morgan fingerprint density at radius 3 is 2.39 bits per heavy atom. The summed E-state index contributed by atoms with van der Waals surface area (Å²) < 4.78 is 45.7. The molecule has 2 heterocycles. The lowest BCUT2D eigenvalue weighted by atomic mass is 9.94. The molecule has 36 heavy (non-hydrogen) atoms. The Balaban J connectivity index is 0.00000176. The zero-order valence-corrected chi connectivity index (χ0v) is 20.6. The predicted octanol–water partition coefficient (Wildman–Crippen LogP) is 5.52. The van der Waals surface area contributed by atoms with E-state index in [1.54, 1.807) is 24.4 Å². The molecular formula is C28H32F3N3O2. The molecule has 8 heteroatoms. The first kappa shape index (κ1) is 27.2. The molecule has 1 aliphatic heterocycles. The second-order valence-corrected chi connectivity index (χ2v) is 8.29. The molecule has 4 rings (SSSR count). The molecule has 1 aromatic heterocycles. The summed E-state index contributed by atoms with van der Waals surface area (Å²) in [5, 5.41) is 3.09. The topological polar surface area (TPSA) is 54.5 Å². The minimum Gasteiger partial charge on any atom is -0.489 e. The molecular weight excluding hydrogens is 467 g/mol. The number of aromatic nitrogens is 1. The minimum absolute atomic E-state index is 0.0716. The van der Waals surface area contributed by atoms with Crippen molar-refractivity contribution in [3.8, 4) is 5.75 Å². The number of nitrogens with zero attached hydrogens (tertiary/aromatic N) is 2. The van der Waals surface area contributed by atoms with Crippen molar-refractivity contribution >= 4 is 5.91 Å². The summed E-state index contributed by atoms with van der Waals surface area (Å²) in [6, 6.07) is 14.2. The van der Waals surface area contributed by atoms with Gasteiger partial charge in [-0.05, 0) is 67.9 Å². The van der Waals surface area contributed by atoms with Gasteiger partial charge in [0, 0.05) is 24.7 Å². The van der Waals surface area contributed by atoms with Crippen LogP contribution in [-0.4, -0.2) is 42.0 Å². The van der Waals surface area contributed by atoms with E-state index >= 15 is 0 Å². The zero-order valence-electron chi connectivity index (χ0n) is 20.6. The Morgan fingerprint density at radius 1 is 1.03 bits per heavy atom. The van der Waals surface area contributed by atoms with Gasteiger partial charge in [0.15, 0.2) is 11.6 Å². The Bertz CT molecular complexity index is 1090. The van der Waals surface area contributed by atoms with Crippen LogP contribution in [0.2, 0.25) is 0 Å². The van der Waals surface area contributed by atoms with Crippen LogP contribution in [0.25, 0.3) is 0 Å². The van der Waals surface area contributed by atoms with Gasteiger partial charge in [0.25, 0.3) is 0 Å². The van der Waals surface area contributed by atoms with E-state index in [2.05, 4.69) is 15.2 Å². The van der Waals surface area contributed by atoms with Gasteiger partial charge in [-0.3, -0.25) is 14.7 Å². The molecule has 0 bridgehead atoms. The summed E-state index contributed by atoms with van der Waals surface area (Å²) in [4.78, 5) is 19.6. The van der Waals surface area contributed by atoms with E-state index in [9.17, 15) is 18.0 Å². The van der Waals surface area contributed by atoms with Gasteiger partial charge in [0.2, 0.25) is 5.91 Å². The highest BCUT2D eigenvalue weighted by Gasteiger charge is 2.28. The maximum absolute atomic E-state index is 13.7. The zero-order chi connectivity index (χ0) is 25.9. The van der Waals surface area contributed by atoms with Gasteiger partial charge in [-0.25, -0.2) is 13.2 Å². The molecule has 1 amide bonds. The minimum atomic E-state index is -0.597. The van der Waals surface area contributed by atoms with Gasteiger partial charge in [0.1, 0.15) is 18.2 Å². The fourth-order valence-electron chi connectivity index (χ4n) is 4.08. The second-order valence-electron chi connectivity index (χ2n) is 8.29. The van der Waals surface area contributed by atoms with Crippen LogP contribution < -0.4 is 10.1 Å². The summed E-state index contributed by atoms with van der Waals surface area (Å²) in [5.74, 6) is -1.82. The van der Waals surface area contributed by atoms with Crippen molar-refractivity contribution in [1.82, 2.24) is 15.2 Å². The molecule has 0 radical (unpaired) electrons. The van der Waals surface area contributed by atoms with Crippen LogP contribution in [-0.2, 0) is 4.79 Å². The van der Waals surface area contributed by atoms with Gasteiger partial charge >= 0.3 is 0 Å². The highest BCUT2D eigenvalue weighted by Crippen LogP contribution is 2.24. The standard InChI is InChI=1S/C26H26F3N3O2.C2H6/c27-20-6-4-18(5-7-20)25(23-3-1-2-12-30-23)31-26(33)19-10-13-32(14-11-19)15-16-34-24-17-21(28)8-9-22(24)29;1-2/h1-9,12,17,19,25H,10-11,13-16H2,(H,31,33);1-2H3. The number of carbonyl (C=O) groups excluding carboxylic acids is 1. The number of hydrogen-bond donors (Lipinski definition) is 1. The quantitative estimate of drug-likeness (QED) is 0.443. The van der Waals surface area contributed by atoms with Crippen molar-refractivity contribution in [2.45, 2.75) is 32.7 Å². The number of nitrogens with one attached hydrogen (secondary N) is 1. The number of ether oxygens (including phenoxy) is 1. The Kier molecular flexibility index (Phi) is 10.3. The fraction of sp³-hybridized carbons (Fsp3) is 0.357. The van der Waals surface area contributed by atoms with Crippen LogP contribution in [0.1, 0.15) is 44.0 Å². The van der Waals surface area contributed by atoms with Crippen molar-refractivity contribution < 1.29 is 22.7 Å². The maximum atomic E-state index is 13.7. The smallest absolute Gasteiger partial charge is 0.224 e. The predicted molar refractivity (Wildman–Crippen MR) is 133 cm³/mol. The molecule has 1 atom stereocenters. The lowest BCUT2D eigenvalue weighted by molar-refractivity contribution is -0.127. The molecule has 192 valence electrons. The van der Waals surface area contributed by atoms with Crippen LogP contribution in [0.15, 0.2) is 66.9 Å². The third-order valence-electron chi connectivity index (χ3n) is 5.99. The van der Waals surface area contributed by atoms with Gasteiger partial charge in [-0.2, -0.15) is 0 Å². The molecule has 3 aromatic rings. The number of rotatable bonds is 8. The Hall–Kier alpha value is -3.39. The maximum Gasteiger partial charge on any atom is 0.224 e. The van der Waals surface area contributed by atoms with E-state index in [4.69, 9.17) is 4.74 Å². The largest absolute Gasteiger partial charge is 0.489 e. The third kappa shape index (κ3) is 7.55. The summed E-state index contributed by atoms with van der Waals surface area (Å²) >= 11 is 0. The molecule has 1 fully saturated rings. The molecule has 0 aliphatic carbocycles. The van der Waals surface area contributed by atoms with Crippen LogP contribution in [0.3, 0.4) is 0 Å². The first-order chi connectivity index (χ1) is 17.5. The molecule has 0 saturated carbocycles. The molecule has 0 spiro atoms. The molecule has 1 aliphatic rings. The van der Waals surface area contributed by atoms with E-state index in [-0.39, 0.29) is 30.0 Å². The average Bonchev–Trinajstić information content (AvgIpc) is 2.92. The third-order valence-corrected chi connectivity index (χ3v) is 5.99. The van der Waals surface area contributed by atoms with Crippen molar-refractivity contribution in [1.29, 1.82) is 0 Å². The number of benzene rings is 2. The summed E-state index contributed by atoms with van der Waals surface area (Å²) in [7, 11) is 0. The van der Waals surface area contributed by atoms with E-state index < -0.39 is 17.7 Å². The number of hydrogen-bond acceptors (Lipinski definition) is 4.